The molecule has 0 saturated heterocycles. The topological polar surface area (TPSA) is 93.6 Å². The molecule has 0 aliphatic carbocycles. The van der Waals surface area contributed by atoms with Crippen LogP contribution < -0.4 is 15.2 Å². The quantitative estimate of drug-likeness (QED) is 0.228. The Hall–Kier alpha value is -5.04. The molecular weight excluding hydrogens is 468 g/mol. The smallest absolute Gasteiger partial charge is 0.330 e. The number of carbonyl (C=O) groups excluding carboxylic acids is 1. The number of fused-ring (bicyclic) bond motifs is 1. The van der Waals surface area contributed by atoms with E-state index in [2.05, 4.69) is 4.98 Å². The van der Waals surface area contributed by atoms with E-state index in [0.717, 1.165) is 16.3 Å². The Bertz CT molecular complexity index is 1690. The zero-order chi connectivity index (χ0) is 25.9. The second kappa shape index (κ2) is 9.91. The number of aromatic hydroxyl groups is 1. The lowest BCUT2D eigenvalue weighted by Gasteiger charge is -2.10. The Morgan fingerprint density at radius 1 is 0.892 bits per heavy atom. The van der Waals surface area contributed by atoms with E-state index in [4.69, 9.17) is 9.47 Å². The van der Waals surface area contributed by atoms with Crippen LogP contribution in [0.3, 0.4) is 0 Å². The van der Waals surface area contributed by atoms with E-state index < -0.39 is 0 Å². The van der Waals surface area contributed by atoms with Gasteiger partial charge in [-0.05, 0) is 52.7 Å². The summed E-state index contributed by atoms with van der Waals surface area (Å²) < 4.78 is 11.9. The van der Waals surface area contributed by atoms with Crippen molar-refractivity contribution in [2.45, 2.75) is 0 Å². The van der Waals surface area contributed by atoms with Gasteiger partial charge in [0.1, 0.15) is 0 Å². The van der Waals surface area contributed by atoms with Gasteiger partial charge in [-0.25, -0.2) is 4.79 Å². The molecule has 2 N–H and O–H groups in total. The lowest BCUT2D eigenvalue weighted by Crippen LogP contribution is -2.16. The minimum Gasteiger partial charge on any atom is -0.502 e. The SMILES string of the molecule is COc1cc(C=CC(=O)c2cccc(-n3c(-c4ccc5ccccc5c4)c[nH]c3=O)c2)cc(OC)c1O. The molecule has 0 saturated carbocycles. The number of rotatable bonds is 7. The van der Waals surface area contributed by atoms with Crippen LogP contribution in [0.1, 0.15) is 15.9 Å². The zero-order valence-corrected chi connectivity index (χ0v) is 20.3. The number of ether oxygens (including phenoxy) is 2. The van der Waals surface area contributed by atoms with Crippen molar-refractivity contribution in [1.29, 1.82) is 0 Å². The maximum absolute atomic E-state index is 13.0. The zero-order valence-electron chi connectivity index (χ0n) is 20.3. The van der Waals surface area contributed by atoms with Crippen LogP contribution in [0.5, 0.6) is 17.2 Å². The third-order valence-corrected chi connectivity index (χ3v) is 6.14. The Kier molecular flexibility index (Phi) is 6.34. The van der Waals surface area contributed by atoms with Crippen molar-refractivity contribution in [2.75, 3.05) is 14.2 Å². The van der Waals surface area contributed by atoms with E-state index in [1.54, 1.807) is 53.2 Å². The van der Waals surface area contributed by atoms with Crippen LogP contribution in [0.2, 0.25) is 0 Å². The van der Waals surface area contributed by atoms with E-state index in [0.29, 0.717) is 22.5 Å². The number of methoxy groups -OCH3 is 2. The van der Waals surface area contributed by atoms with Crippen molar-refractivity contribution < 1.29 is 19.4 Å². The fourth-order valence-electron chi connectivity index (χ4n) is 4.26. The van der Waals surface area contributed by atoms with Gasteiger partial charge in [0.2, 0.25) is 5.75 Å². The van der Waals surface area contributed by atoms with E-state index in [1.807, 2.05) is 42.5 Å². The normalized spacial score (nSPS) is 11.2. The number of imidazole rings is 1. The molecule has 184 valence electrons. The highest BCUT2D eigenvalue weighted by Crippen LogP contribution is 2.37. The summed E-state index contributed by atoms with van der Waals surface area (Å²) in [5.41, 5.74) is 2.89. The predicted octanol–water partition coefficient (Wildman–Crippen LogP) is 5.60. The highest BCUT2D eigenvalue weighted by Gasteiger charge is 2.14. The summed E-state index contributed by atoms with van der Waals surface area (Å²) in [6, 6.07) is 24.2. The van der Waals surface area contributed by atoms with Gasteiger partial charge >= 0.3 is 5.69 Å². The van der Waals surface area contributed by atoms with Gasteiger partial charge in [0.25, 0.3) is 0 Å². The first-order valence-corrected chi connectivity index (χ1v) is 11.6. The van der Waals surface area contributed by atoms with Crippen LogP contribution in [0, 0.1) is 0 Å². The molecule has 0 bridgehead atoms. The average molecular weight is 493 g/mol. The molecule has 0 aliphatic rings. The average Bonchev–Trinajstić information content (AvgIpc) is 3.33. The van der Waals surface area contributed by atoms with Gasteiger partial charge in [0, 0.05) is 17.3 Å². The lowest BCUT2D eigenvalue weighted by molar-refractivity contribution is 0.104. The molecule has 4 aromatic carbocycles. The molecule has 1 aromatic heterocycles. The van der Waals surface area contributed by atoms with Gasteiger partial charge in [-0.15, -0.1) is 0 Å². The summed E-state index contributed by atoms with van der Waals surface area (Å²) in [7, 11) is 2.88. The number of H-pyrrole nitrogens is 1. The minimum absolute atomic E-state index is 0.111. The number of phenolic OH excluding ortho intramolecular Hbond substituents is 1. The van der Waals surface area contributed by atoms with E-state index in [-0.39, 0.29) is 28.7 Å². The van der Waals surface area contributed by atoms with Crippen LogP contribution >= 0.6 is 0 Å². The molecule has 0 unspecified atom stereocenters. The number of aromatic amines is 1. The Morgan fingerprint density at radius 2 is 1.62 bits per heavy atom. The number of hydrogen-bond donors (Lipinski definition) is 2. The highest BCUT2D eigenvalue weighted by atomic mass is 16.5. The van der Waals surface area contributed by atoms with Gasteiger partial charge in [-0.2, -0.15) is 0 Å². The number of aromatic nitrogens is 2. The van der Waals surface area contributed by atoms with E-state index >= 15 is 0 Å². The van der Waals surface area contributed by atoms with Crippen molar-refractivity contribution >= 4 is 22.6 Å². The van der Waals surface area contributed by atoms with Crippen molar-refractivity contribution in [2.24, 2.45) is 0 Å². The van der Waals surface area contributed by atoms with Crippen molar-refractivity contribution in [3.05, 3.63) is 113 Å². The molecule has 0 radical (unpaired) electrons. The predicted molar refractivity (Wildman–Crippen MR) is 144 cm³/mol. The van der Waals surface area contributed by atoms with Crippen LogP contribution in [-0.4, -0.2) is 34.7 Å². The summed E-state index contributed by atoms with van der Waals surface area (Å²) in [6.45, 7) is 0. The number of hydrogen-bond acceptors (Lipinski definition) is 5. The van der Waals surface area contributed by atoms with Crippen LogP contribution in [0.4, 0.5) is 0 Å². The van der Waals surface area contributed by atoms with Gasteiger partial charge < -0.3 is 19.6 Å². The number of nitrogens with one attached hydrogen (secondary N) is 1. The Morgan fingerprint density at radius 3 is 2.35 bits per heavy atom. The molecule has 5 aromatic rings. The minimum atomic E-state index is -0.299. The maximum Gasteiger partial charge on any atom is 0.330 e. The first kappa shape index (κ1) is 23.7. The summed E-state index contributed by atoms with van der Waals surface area (Å²) in [6.07, 6.45) is 4.71. The van der Waals surface area contributed by atoms with Gasteiger partial charge in [0.05, 0.1) is 25.6 Å². The number of allylic oxidation sites excluding steroid dienone is 1. The monoisotopic (exact) mass is 492 g/mol. The first-order chi connectivity index (χ1) is 18.0. The van der Waals surface area contributed by atoms with E-state index in [9.17, 15) is 14.7 Å². The third kappa shape index (κ3) is 4.62. The molecule has 0 aliphatic heterocycles. The number of benzene rings is 4. The van der Waals surface area contributed by atoms with Gasteiger partial charge in [-0.1, -0.05) is 54.6 Å². The molecule has 0 spiro atoms. The third-order valence-electron chi connectivity index (χ3n) is 6.14. The Labute approximate surface area is 212 Å². The molecule has 0 fully saturated rings. The number of carbonyl (C=O) groups is 1. The molecule has 7 heteroatoms. The molecule has 37 heavy (non-hydrogen) atoms. The Balaban J connectivity index is 1.48. The fraction of sp³-hybridized carbons (Fsp3) is 0.0667. The number of phenols is 1. The number of ketones is 1. The summed E-state index contributed by atoms with van der Waals surface area (Å²) in [5.74, 6) is 0.118. The summed E-state index contributed by atoms with van der Waals surface area (Å²) >= 11 is 0. The second-order valence-corrected chi connectivity index (χ2v) is 8.40. The maximum atomic E-state index is 13.0. The molecular formula is C30H24N2O5. The molecule has 7 nitrogen and oxygen atoms in total. The van der Waals surface area contributed by atoms with Gasteiger partial charge in [0.15, 0.2) is 17.3 Å². The van der Waals surface area contributed by atoms with Crippen molar-refractivity contribution in [1.82, 2.24) is 9.55 Å². The highest BCUT2D eigenvalue weighted by molar-refractivity contribution is 6.07. The standard InChI is InChI=1S/C30H24N2O5/c1-36-27-14-19(15-28(37-2)29(27)34)10-13-26(33)23-8-5-9-24(17-23)32-25(18-31-30(32)35)22-12-11-20-6-3-4-7-21(20)16-22/h3-18,34H,1-2H3,(H,31,35). The molecule has 0 amide bonds. The molecule has 1 heterocycles. The fourth-order valence-corrected chi connectivity index (χ4v) is 4.26. The first-order valence-electron chi connectivity index (χ1n) is 11.6. The van der Waals surface area contributed by atoms with Crippen molar-refractivity contribution in [3.8, 4) is 34.2 Å². The van der Waals surface area contributed by atoms with Crippen LogP contribution in [0.15, 0.2) is 95.9 Å². The molecule has 5 rings (SSSR count). The lowest BCUT2D eigenvalue weighted by atomic mass is 10.0. The summed E-state index contributed by atoms with van der Waals surface area (Å²) in [4.78, 5) is 28.6. The van der Waals surface area contributed by atoms with Gasteiger partial charge in [-0.3, -0.25) is 9.36 Å². The number of nitrogens with zero attached hydrogens (tertiary/aromatic N) is 1. The van der Waals surface area contributed by atoms with E-state index in [1.165, 1.54) is 20.3 Å². The van der Waals surface area contributed by atoms with Crippen LogP contribution in [0.25, 0.3) is 33.8 Å². The summed E-state index contributed by atoms with van der Waals surface area (Å²) in [5, 5.41) is 12.3. The van der Waals surface area contributed by atoms with Crippen LogP contribution in [-0.2, 0) is 0 Å². The second-order valence-electron chi connectivity index (χ2n) is 8.40. The van der Waals surface area contributed by atoms with Crippen molar-refractivity contribution in [3.63, 3.8) is 0 Å². The molecule has 0 atom stereocenters. The largest absolute Gasteiger partial charge is 0.502 e.